The predicted octanol–water partition coefficient (Wildman–Crippen LogP) is 1.77. The number of ether oxygens (including phenoxy) is 2. The minimum absolute atomic E-state index is 0.223. The molecule has 4 nitrogen and oxygen atoms in total. The van der Waals surface area contributed by atoms with Gasteiger partial charge < -0.3 is 9.47 Å². The second kappa shape index (κ2) is 5.07. The third-order valence-electron chi connectivity index (χ3n) is 4.23. The van der Waals surface area contributed by atoms with Crippen LogP contribution in [0.15, 0.2) is 0 Å². The minimum atomic E-state index is -0.223. The Morgan fingerprint density at radius 3 is 1.71 bits per heavy atom. The van der Waals surface area contributed by atoms with Crippen LogP contribution >= 0.6 is 0 Å². The van der Waals surface area contributed by atoms with Crippen LogP contribution in [0, 0.1) is 23.7 Å². The van der Waals surface area contributed by atoms with Crippen LogP contribution in [-0.4, -0.2) is 25.2 Å². The van der Waals surface area contributed by atoms with E-state index in [4.69, 9.17) is 9.47 Å². The molecule has 0 aromatic heterocycles. The van der Waals surface area contributed by atoms with E-state index in [0.717, 1.165) is 0 Å². The first kappa shape index (κ1) is 12.4. The van der Waals surface area contributed by atoms with Crippen molar-refractivity contribution in [1.29, 1.82) is 0 Å². The van der Waals surface area contributed by atoms with Gasteiger partial charge in [0.05, 0.1) is 13.2 Å². The summed E-state index contributed by atoms with van der Waals surface area (Å²) >= 11 is 0. The van der Waals surface area contributed by atoms with E-state index in [1.807, 2.05) is 0 Å². The first-order valence-corrected chi connectivity index (χ1v) is 6.34. The van der Waals surface area contributed by atoms with Crippen molar-refractivity contribution in [2.75, 3.05) is 13.2 Å². The Hall–Kier alpha value is -1.06. The second-order valence-corrected chi connectivity index (χ2v) is 5.27. The van der Waals surface area contributed by atoms with Crippen LogP contribution in [0.25, 0.3) is 0 Å². The number of carbonyl (C=O) groups is 2. The van der Waals surface area contributed by atoms with E-state index in [1.54, 1.807) is 0 Å². The molecule has 17 heavy (non-hydrogen) atoms. The van der Waals surface area contributed by atoms with Gasteiger partial charge in [-0.1, -0.05) is 0 Å². The van der Waals surface area contributed by atoms with E-state index in [-0.39, 0.29) is 11.9 Å². The molecule has 0 aromatic carbocycles. The van der Waals surface area contributed by atoms with Crippen molar-refractivity contribution in [3.63, 3.8) is 0 Å². The highest BCUT2D eigenvalue weighted by atomic mass is 16.5. The van der Waals surface area contributed by atoms with E-state index in [9.17, 15) is 9.59 Å². The summed E-state index contributed by atoms with van der Waals surface area (Å²) in [6.45, 7) is 3.85. The van der Waals surface area contributed by atoms with Gasteiger partial charge in [-0.05, 0) is 31.1 Å². The van der Waals surface area contributed by atoms with Crippen molar-refractivity contribution in [3.05, 3.63) is 0 Å². The lowest BCUT2D eigenvalue weighted by Gasteiger charge is -2.30. The molecule has 96 valence electrons. The Bertz CT molecular complexity index is 283. The molecule has 2 unspecified atom stereocenters. The zero-order valence-electron chi connectivity index (χ0n) is 10.5. The van der Waals surface area contributed by atoms with Gasteiger partial charge in [0.1, 0.15) is 0 Å². The Kier molecular flexibility index (Phi) is 3.69. The van der Waals surface area contributed by atoms with Gasteiger partial charge in [-0.2, -0.15) is 0 Å². The van der Waals surface area contributed by atoms with Crippen molar-refractivity contribution in [3.8, 4) is 0 Å². The number of hydrogen-bond donors (Lipinski definition) is 0. The van der Waals surface area contributed by atoms with Gasteiger partial charge in [-0.3, -0.25) is 9.59 Å². The molecule has 0 heterocycles. The lowest BCUT2D eigenvalue weighted by molar-refractivity contribution is -0.148. The molecule has 0 saturated heterocycles. The molecule has 0 radical (unpaired) electrons. The van der Waals surface area contributed by atoms with Gasteiger partial charge in [0.25, 0.3) is 0 Å². The maximum absolute atomic E-state index is 10.9. The van der Waals surface area contributed by atoms with Gasteiger partial charge in [-0.25, -0.2) is 0 Å². The smallest absolute Gasteiger partial charge is 0.302 e. The number of hydrogen-bond acceptors (Lipinski definition) is 4. The first-order chi connectivity index (χ1) is 8.08. The Morgan fingerprint density at radius 2 is 1.35 bits per heavy atom. The molecule has 0 N–H and O–H groups in total. The monoisotopic (exact) mass is 240 g/mol. The third kappa shape index (κ3) is 2.79. The number of carbonyl (C=O) groups excluding carboxylic acids is 2. The Morgan fingerprint density at radius 1 is 0.941 bits per heavy atom. The summed E-state index contributed by atoms with van der Waals surface area (Å²) < 4.78 is 10.3. The van der Waals surface area contributed by atoms with Crippen LogP contribution in [0.4, 0.5) is 0 Å². The van der Waals surface area contributed by atoms with Gasteiger partial charge in [0.15, 0.2) is 0 Å². The lowest BCUT2D eigenvalue weighted by atomic mass is 9.80. The second-order valence-electron chi connectivity index (χ2n) is 5.27. The molecule has 2 aliphatic rings. The number of esters is 2. The van der Waals surface area contributed by atoms with Crippen LogP contribution in [0.2, 0.25) is 0 Å². The third-order valence-corrected chi connectivity index (χ3v) is 4.23. The highest BCUT2D eigenvalue weighted by Crippen LogP contribution is 2.52. The highest BCUT2D eigenvalue weighted by molar-refractivity contribution is 5.66. The molecule has 2 bridgehead atoms. The van der Waals surface area contributed by atoms with Gasteiger partial charge in [-0.15, -0.1) is 0 Å². The summed E-state index contributed by atoms with van der Waals surface area (Å²) in [5.74, 6) is 1.63. The largest absolute Gasteiger partial charge is 0.466 e. The molecule has 0 aromatic rings. The van der Waals surface area contributed by atoms with Crippen LogP contribution in [0.5, 0.6) is 0 Å². The van der Waals surface area contributed by atoms with Crippen molar-refractivity contribution in [1.82, 2.24) is 0 Å². The van der Waals surface area contributed by atoms with Crippen molar-refractivity contribution >= 4 is 11.9 Å². The molecule has 0 amide bonds. The fourth-order valence-electron chi connectivity index (χ4n) is 3.48. The van der Waals surface area contributed by atoms with Crippen LogP contribution in [0.1, 0.15) is 33.1 Å². The summed E-state index contributed by atoms with van der Waals surface area (Å²) in [5, 5.41) is 0. The predicted molar refractivity (Wildman–Crippen MR) is 61.1 cm³/mol. The fourth-order valence-corrected chi connectivity index (χ4v) is 3.48. The van der Waals surface area contributed by atoms with E-state index in [1.165, 1.54) is 33.1 Å². The van der Waals surface area contributed by atoms with E-state index in [0.29, 0.717) is 36.9 Å². The molecule has 2 rings (SSSR count). The molecular formula is C13H20O4. The zero-order chi connectivity index (χ0) is 12.4. The molecule has 2 fully saturated rings. The molecule has 0 spiro atoms. The van der Waals surface area contributed by atoms with Crippen molar-refractivity contribution in [2.45, 2.75) is 33.1 Å². The highest BCUT2D eigenvalue weighted by Gasteiger charge is 2.48. The van der Waals surface area contributed by atoms with E-state index >= 15 is 0 Å². The lowest BCUT2D eigenvalue weighted by Crippen LogP contribution is -2.31. The quantitative estimate of drug-likeness (QED) is 0.703. The molecule has 4 atom stereocenters. The normalized spacial score (nSPS) is 34.7. The summed E-state index contributed by atoms with van der Waals surface area (Å²) in [7, 11) is 0. The minimum Gasteiger partial charge on any atom is -0.466 e. The molecular weight excluding hydrogens is 220 g/mol. The molecule has 4 heteroatoms. The van der Waals surface area contributed by atoms with Crippen LogP contribution in [0.3, 0.4) is 0 Å². The van der Waals surface area contributed by atoms with Gasteiger partial charge >= 0.3 is 11.9 Å². The van der Waals surface area contributed by atoms with Crippen molar-refractivity contribution < 1.29 is 19.1 Å². The van der Waals surface area contributed by atoms with Gasteiger partial charge in [0.2, 0.25) is 0 Å². The molecule has 0 aliphatic heterocycles. The Balaban J connectivity index is 1.91. The number of fused-ring (bicyclic) bond motifs is 2. The van der Waals surface area contributed by atoms with E-state index in [2.05, 4.69) is 0 Å². The first-order valence-electron chi connectivity index (χ1n) is 6.34. The SMILES string of the molecule is CC(=O)OC[C@@H]1C2CCC(C2)[C@@H]1COC(C)=O. The molecule has 2 saturated carbocycles. The standard InChI is InChI=1S/C13H20O4/c1-8(14)16-6-12-10-3-4-11(5-10)13(12)7-17-9(2)15/h10-13H,3-7H2,1-2H3/t10?,11?,12-,13+. The van der Waals surface area contributed by atoms with Crippen LogP contribution < -0.4 is 0 Å². The average molecular weight is 240 g/mol. The maximum Gasteiger partial charge on any atom is 0.302 e. The fraction of sp³-hybridized carbons (Fsp3) is 0.846. The van der Waals surface area contributed by atoms with Crippen LogP contribution in [-0.2, 0) is 19.1 Å². The summed E-state index contributed by atoms with van der Waals surface area (Å²) in [6.07, 6.45) is 3.66. The summed E-state index contributed by atoms with van der Waals surface area (Å²) in [5.41, 5.74) is 0. The van der Waals surface area contributed by atoms with Gasteiger partial charge in [0, 0.05) is 25.7 Å². The summed E-state index contributed by atoms with van der Waals surface area (Å²) in [4.78, 5) is 21.7. The summed E-state index contributed by atoms with van der Waals surface area (Å²) in [6, 6.07) is 0. The number of rotatable bonds is 4. The maximum atomic E-state index is 10.9. The zero-order valence-corrected chi connectivity index (χ0v) is 10.5. The van der Waals surface area contributed by atoms with Crippen molar-refractivity contribution in [2.24, 2.45) is 23.7 Å². The average Bonchev–Trinajstić information content (AvgIpc) is 2.83. The topological polar surface area (TPSA) is 52.6 Å². The van der Waals surface area contributed by atoms with E-state index < -0.39 is 0 Å². The molecule has 2 aliphatic carbocycles. The Labute approximate surface area is 102 Å².